The minimum atomic E-state index is -1.06. The van der Waals surface area contributed by atoms with Gasteiger partial charge in [-0.05, 0) is 28.1 Å². The number of aromatic nitrogens is 1. The summed E-state index contributed by atoms with van der Waals surface area (Å²) in [6.45, 7) is 0. The molecule has 0 aliphatic heterocycles. The SMILES string of the molecule is COC(=O)C(C=O)N(C)c1nc(-c2ccc(Cl)c(Cl)c2)c(Br)s1. The number of halogens is 3. The van der Waals surface area contributed by atoms with E-state index in [0.717, 1.165) is 9.35 Å². The number of esters is 1. The number of carbonyl (C=O) groups is 2. The molecule has 2 rings (SSSR count). The molecule has 0 saturated carbocycles. The fourth-order valence-electron chi connectivity index (χ4n) is 1.81. The summed E-state index contributed by atoms with van der Waals surface area (Å²) in [4.78, 5) is 28.7. The van der Waals surface area contributed by atoms with Gasteiger partial charge >= 0.3 is 5.97 Å². The van der Waals surface area contributed by atoms with Crippen LogP contribution in [0.25, 0.3) is 11.3 Å². The quantitative estimate of drug-likeness (QED) is 0.401. The molecule has 1 aromatic carbocycles. The van der Waals surface area contributed by atoms with Gasteiger partial charge in [-0.25, -0.2) is 9.78 Å². The van der Waals surface area contributed by atoms with Crippen molar-refractivity contribution in [2.24, 2.45) is 0 Å². The van der Waals surface area contributed by atoms with Crippen LogP contribution in [-0.4, -0.2) is 37.4 Å². The van der Waals surface area contributed by atoms with Crippen molar-refractivity contribution in [3.05, 3.63) is 32.0 Å². The maximum Gasteiger partial charge on any atom is 0.336 e. The minimum absolute atomic E-state index is 0.416. The zero-order valence-corrected chi connectivity index (χ0v) is 16.0. The van der Waals surface area contributed by atoms with Gasteiger partial charge in [-0.3, -0.25) is 0 Å². The molecule has 5 nitrogen and oxygen atoms in total. The van der Waals surface area contributed by atoms with Gasteiger partial charge in [0.15, 0.2) is 17.5 Å². The van der Waals surface area contributed by atoms with Crippen molar-refractivity contribution in [2.45, 2.75) is 6.04 Å². The van der Waals surface area contributed by atoms with Crippen LogP contribution < -0.4 is 4.90 Å². The summed E-state index contributed by atoms with van der Waals surface area (Å²) in [7, 11) is 2.82. The molecule has 2 aromatic rings. The number of anilines is 1. The van der Waals surface area contributed by atoms with Crippen molar-refractivity contribution in [2.75, 3.05) is 19.1 Å². The Balaban J connectivity index is 2.38. The summed E-state index contributed by atoms with van der Waals surface area (Å²) in [5.74, 6) is -0.648. The summed E-state index contributed by atoms with van der Waals surface area (Å²) in [6.07, 6.45) is 0.514. The van der Waals surface area contributed by atoms with Gasteiger partial charge in [0.05, 0.1) is 26.6 Å². The molecular formula is C14H11BrCl2N2O3S. The molecule has 0 aliphatic carbocycles. The van der Waals surface area contributed by atoms with E-state index < -0.39 is 12.0 Å². The first-order valence-electron chi connectivity index (χ1n) is 6.26. The van der Waals surface area contributed by atoms with Crippen molar-refractivity contribution in [1.82, 2.24) is 4.98 Å². The second-order valence-corrected chi connectivity index (χ2v) is 7.57. The van der Waals surface area contributed by atoms with Crippen LogP contribution in [0.4, 0.5) is 5.13 Å². The number of rotatable bonds is 5. The highest BCUT2D eigenvalue weighted by Gasteiger charge is 2.26. The van der Waals surface area contributed by atoms with Gasteiger partial charge < -0.3 is 14.4 Å². The Morgan fingerprint density at radius 1 is 1.43 bits per heavy atom. The van der Waals surface area contributed by atoms with Gasteiger partial charge in [0, 0.05) is 12.6 Å². The standard InChI is InChI=1S/C14H11BrCl2N2O3S/c1-19(10(6-20)13(21)22-2)14-18-11(12(15)23-14)7-3-4-8(16)9(17)5-7/h3-6,10H,1-2H3. The topological polar surface area (TPSA) is 59.5 Å². The molecule has 1 unspecified atom stereocenters. The Morgan fingerprint density at radius 3 is 2.70 bits per heavy atom. The maximum atomic E-state index is 11.6. The highest BCUT2D eigenvalue weighted by atomic mass is 79.9. The van der Waals surface area contributed by atoms with Gasteiger partial charge in [-0.1, -0.05) is 40.6 Å². The second kappa shape index (κ2) is 7.61. The van der Waals surface area contributed by atoms with Crippen LogP contribution in [0.5, 0.6) is 0 Å². The number of likely N-dealkylation sites (N-methyl/N-ethyl adjacent to an activating group) is 1. The number of hydrogen-bond acceptors (Lipinski definition) is 6. The first-order valence-corrected chi connectivity index (χ1v) is 8.63. The van der Waals surface area contributed by atoms with Crippen molar-refractivity contribution < 1.29 is 14.3 Å². The van der Waals surface area contributed by atoms with E-state index in [-0.39, 0.29) is 0 Å². The van der Waals surface area contributed by atoms with Gasteiger partial charge in [-0.2, -0.15) is 0 Å². The molecule has 0 saturated heterocycles. The van der Waals surface area contributed by atoms with Crippen LogP contribution in [-0.2, 0) is 14.3 Å². The number of thiazole rings is 1. The summed E-state index contributed by atoms with van der Waals surface area (Å²) >= 11 is 16.7. The Morgan fingerprint density at radius 2 is 2.13 bits per heavy atom. The zero-order valence-electron chi connectivity index (χ0n) is 12.0. The lowest BCUT2D eigenvalue weighted by Crippen LogP contribution is -2.40. The van der Waals surface area contributed by atoms with Crippen LogP contribution in [0.3, 0.4) is 0 Å². The average Bonchev–Trinajstić information content (AvgIpc) is 2.92. The molecule has 0 spiro atoms. The fraction of sp³-hybridized carbons (Fsp3) is 0.214. The molecule has 23 heavy (non-hydrogen) atoms. The predicted octanol–water partition coefficient (Wildman–Crippen LogP) is 4.06. The van der Waals surface area contributed by atoms with Gasteiger partial charge in [0.1, 0.15) is 0 Å². The van der Waals surface area contributed by atoms with E-state index in [4.69, 9.17) is 23.2 Å². The lowest BCUT2D eigenvalue weighted by Gasteiger charge is -2.20. The second-order valence-electron chi connectivity index (χ2n) is 4.46. The zero-order chi connectivity index (χ0) is 17.1. The monoisotopic (exact) mass is 436 g/mol. The summed E-state index contributed by atoms with van der Waals surface area (Å²) in [5, 5.41) is 1.35. The number of hydrogen-bond donors (Lipinski definition) is 0. The van der Waals surface area contributed by atoms with Gasteiger partial charge in [0.2, 0.25) is 0 Å². The number of methoxy groups -OCH3 is 1. The molecule has 1 heterocycles. The summed E-state index contributed by atoms with van der Waals surface area (Å²) in [5.41, 5.74) is 1.41. The van der Waals surface area contributed by atoms with Crippen molar-refractivity contribution in [1.29, 1.82) is 0 Å². The van der Waals surface area contributed by atoms with E-state index in [1.165, 1.54) is 23.3 Å². The van der Waals surface area contributed by atoms with E-state index in [0.29, 0.717) is 27.2 Å². The molecule has 1 aromatic heterocycles. The predicted molar refractivity (Wildman–Crippen MR) is 95.5 cm³/mol. The number of nitrogens with zero attached hydrogens (tertiary/aromatic N) is 2. The lowest BCUT2D eigenvalue weighted by molar-refractivity contribution is -0.143. The van der Waals surface area contributed by atoms with E-state index in [1.54, 1.807) is 25.2 Å². The van der Waals surface area contributed by atoms with Crippen molar-refractivity contribution in [3.8, 4) is 11.3 Å². The molecule has 0 fully saturated rings. The number of carbonyl (C=O) groups excluding carboxylic acids is 2. The van der Waals surface area contributed by atoms with Gasteiger partial charge in [-0.15, -0.1) is 0 Å². The van der Waals surface area contributed by atoms with Crippen molar-refractivity contribution >= 4 is 67.9 Å². The number of ether oxygens (including phenoxy) is 1. The first kappa shape index (κ1) is 18.2. The van der Waals surface area contributed by atoms with Gasteiger partial charge in [0.25, 0.3) is 0 Å². The van der Waals surface area contributed by atoms with Crippen molar-refractivity contribution in [3.63, 3.8) is 0 Å². The Kier molecular flexibility index (Phi) is 6.02. The Labute approximate surface area is 155 Å². The van der Waals surface area contributed by atoms with E-state index >= 15 is 0 Å². The minimum Gasteiger partial charge on any atom is -0.467 e. The molecule has 0 N–H and O–H groups in total. The van der Waals surface area contributed by atoms with Crippen LogP contribution in [0, 0.1) is 0 Å². The van der Waals surface area contributed by atoms with Crippen LogP contribution >= 0.6 is 50.5 Å². The van der Waals surface area contributed by atoms with E-state index in [1.807, 2.05) is 0 Å². The summed E-state index contributed by atoms with van der Waals surface area (Å²) < 4.78 is 5.36. The molecule has 0 radical (unpaired) electrons. The molecule has 1 atom stereocenters. The molecule has 0 bridgehead atoms. The third-order valence-corrected chi connectivity index (χ3v) is 5.59. The molecular weight excluding hydrogens is 427 g/mol. The smallest absolute Gasteiger partial charge is 0.336 e. The number of aldehydes is 1. The highest BCUT2D eigenvalue weighted by molar-refractivity contribution is 9.11. The average molecular weight is 438 g/mol. The molecule has 0 aliphatic rings. The first-order chi connectivity index (χ1) is 10.9. The fourth-order valence-corrected chi connectivity index (χ4v) is 3.67. The van der Waals surface area contributed by atoms with Crippen LogP contribution in [0.1, 0.15) is 0 Å². The molecule has 0 amide bonds. The van der Waals surface area contributed by atoms with Crippen LogP contribution in [0.15, 0.2) is 22.0 Å². The Bertz CT molecular complexity index is 754. The normalized spacial score (nSPS) is 11.9. The van der Waals surface area contributed by atoms with Crippen LogP contribution in [0.2, 0.25) is 10.0 Å². The molecule has 122 valence electrons. The van der Waals surface area contributed by atoms with E-state index in [2.05, 4.69) is 25.7 Å². The highest BCUT2D eigenvalue weighted by Crippen LogP contribution is 2.38. The Hall–Kier alpha value is -1.15. The molecule has 9 heteroatoms. The maximum absolute atomic E-state index is 11.6. The largest absolute Gasteiger partial charge is 0.467 e. The van der Waals surface area contributed by atoms with E-state index in [9.17, 15) is 9.59 Å². The summed E-state index contributed by atoms with van der Waals surface area (Å²) in [6, 6.07) is 4.11. The lowest BCUT2D eigenvalue weighted by atomic mass is 10.2. The third kappa shape index (κ3) is 3.85. The number of benzene rings is 1. The third-order valence-electron chi connectivity index (χ3n) is 3.06.